The summed E-state index contributed by atoms with van der Waals surface area (Å²) in [6.07, 6.45) is 3.49. The molecule has 0 unspecified atom stereocenters. The van der Waals surface area contributed by atoms with E-state index >= 15 is 0 Å². The predicted octanol–water partition coefficient (Wildman–Crippen LogP) is 3.80. The molecule has 0 amide bonds. The van der Waals surface area contributed by atoms with E-state index in [0.29, 0.717) is 0 Å². The number of hydrogen-bond donors (Lipinski definition) is 0. The lowest BCUT2D eigenvalue weighted by Crippen LogP contribution is -2.46. The number of para-hydroxylation sites is 1. The van der Waals surface area contributed by atoms with Crippen LogP contribution >= 0.6 is 11.6 Å². The second-order valence-electron chi connectivity index (χ2n) is 7.55. The number of benzene rings is 2. The fourth-order valence-electron chi connectivity index (χ4n) is 4.07. The second-order valence-corrected chi connectivity index (χ2v) is 7.98. The van der Waals surface area contributed by atoms with Gasteiger partial charge >= 0.3 is 0 Å². The van der Waals surface area contributed by atoms with Crippen molar-refractivity contribution in [2.24, 2.45) is 0 Å². The third-order valence-corrected chi connectivity index (χ3v) is 5.89. The van der Waals surface area contributed by atoms with Crippen LogP contribution in [0.15, 0.2) is 61.1 Å². The lowest BCUT2D eigenvalue weighted by atomic mass is 10.1. The Bertz CT molecular complexity index is 1190. The zero-order chi connectivity index (χ0) is 21.2. The first-order valence-electron chi connectivity index (χ1n) is 10.3. The first-order valence-corrected chi connectivity index (χ1v) is 10.6. The topological polar surface area (TPSA) is 59.3 Å². The second kappa shape index (κ2) is 8.53. The van der Waals surface area contributed by atoms with Crippen LogP contribution in [0.2, 0.25) is 5.02 Å². The minimum absolute atomic E-state index is 0.730. The van der Waals surface area contributed by atoms with Crippen molar-refractivity contribution in [3.05, 3.63) is 71.6 Å². The summed E-state index contributed by atoms with van der Waals surface area (Å²) in [5, 5.41) is 6.27. The van der Waals surface area contributed by atoms with Crippen molar-refractivity contribution in [1.29, 1.82) is 0 Å². The summed E-state index contributed by atoms with van der Waals surface area (Å²) in [4.78, 5) is 13.8. The Morgan fingerprint density at radius 2 is 1.81 bits per heavy atom. The quantitative estimate of drug-likeness (QED) is 0.476. The van der Waals surface area contributed by atoms with Crippen LogP contribution in [-0.4, -0.2) is 57.9 Å². The highest BCUT2D eigenvalue weighted by molar-refractivity contribution is 6.30. The molecule has 0 saturated carbocycles. The van der Waals surface area contributed by atoms with Gasteiger partial charge in [0.25, 0.3) is 0 Å². The average molecular weight is 435 g/mol. The number of nitrogens with zero attached hydrogens (tertiary/aromatic N) is 6. The molecule has 0 radical (unpaired) electrons. The molecule has 1 aliphatic rings. The molecular formula is C23H23ClN6O. The van der Waals surface area contributed by atoms with E-state index in [1.54, 1.807) is 13.4 Å². The zero-order valence-corrected chi connectivity index (χ0v) is 18.0. The van der Waals surface area contributed by atoms with Crippen molar-refractivity contribution in [3.8, 4) is 11.4 Å². The lowest BCUT2D eigenvalue weighted by molar-refractivity contribution is 0.246. The van der Waals surface area contributed by atoms with Crippen LogP contribution in [0.5, 0.6) is 5.75 Å². The number of hydrogen-bond acceptors (Lipinski definition) is 6. The van der Waals surface area contributed by atoms with Gasteiger partial charge in [0, 0.05) is 43.3 Å². The molecule has 7 nitrogen and oxygen atoms in total. The van der Waals surface area contributed by atoms with Gasteiger partial charge < -0.3 is 9.64 Å². The van der Waals surface area contributed by atoms with Crippen molar-refractivity contribution in [3.63, 3.8) is 0 Å². The summed E-state index contributed by atoms with van der Waals surface area (Å²) in [6.45, 7) is 4.42. The van der Waals surface area contributed by atoms with Gasteiger partial charge in [0.15, 0.2) is 5.65 Å². The molecule has 0 aliphatic carbocycles. The van der Waals surface area contributed by atoms with Crippen molar-refractivity contribution in [2.75, 3.05) is 38.2 Å². The van der Waals surface area contributed by atoms with Gasteiger partial charge in [-0.25, -0.2) is 14.6 Å². The Kier molecular flexibility index (Phi) is 5.44. The largest absolute Gasteiger partial charge is 0.496 e. The summed E-state index contributed by atoms with van der Waals surface area (Å²) >= 11 is 6.19. The van der Waals surface area contributed by atoms with Gasteiger partial charge in [0.1, 0.15) is 17.9 Å². The molecule has 1 saturated heterocycles. The number of halogens is 1. The van der Waals surface area contributed by atoms with Crippen LogP contribution in [0.3, 0.4) is 0 Å². The molecule has 0 spiro atoms. The van der Waals surface area contributed by atoms with E-state index in [1.165, 1.54) is 0 Å². The van der Waals surface area contributed by atoms with Crippen molar-refractivity contribution < 1.29 is 4.74 Å². The monoisotopic (exact) mass is 434 g/mol. The third kappa shape index (κ3) is 3.94. The number of piperazine rings is 1. The number of anilines is 1. The van der Waals surface area contributed by atoms with E-state index in [4.69, 9.17) is 16.3 Å². The molecule has 3 heterocycles. The minimum Gasteiger partial charge on any atom is -0.496 e. The molecular weight excluding hydrogens is 412 g/mol. The molecule has 31 heavy (non-hydrogen) atoms. The van der Waals surface area contributed by atoms with Crippen LogP contribution in [-0.2, 0) is 6.54 Å². The number of methoxy groups -OCH3 is 1. The predicted molar refractivity (Wildman–Crippen MR) is 122 cm³/mol. The number of fused-ring (bicyclic) bond motifs is 1. The van der Waals surface area contributed by atoms with E-state index in [1.807, 2.05) is 59.4 Å². The molecule has 1 aliphatic heterocycles. The van der Waals surface area contributed by atoms with Crippen LogP contribution in [0, 0.1) is 0 Å². The molecule has 0 N–H and O–H groups in total. The summed E-state index contributed by atoms with van der Waals surface area (Å²) in [7, 11) is 1.70. The fourth-order valence-corrected chi connectivity index (χ4v) is 4.27. The van der Waals surface area contributed by atoms with Gasteiger partial charge in [0.05, 0.1) is 24.4 Å². The van der Waals surface area contributed by atoms with Crippen molar-refractivity contribution in [1.82, 2.24) is 24.6 Å². The molecule has 4 aromatic rings. The Labute approximate surface area is 185 Å². The van der Waals surface area contributed by atoms with E-state index in [0.717, 1.165) is 71.6 Å². The van der Waals surface area contributed by atoms with Crippen LogP contribution < -0.4 is 9.64 Å². The van der Waals surface area contributed by atoms with Crippen LogP contribution in [0.25, 0.3) is 16.7 Å². The zero-order valence-electron chi connectivity index (χ0n) is 17.3. The smallest absolute Gasteiger partial charge is 0.168 e. The first-order chi connectivity index (χ1) is 15.2. The van der Waals surface area contributed by atoms with E-state index < -0.39 is 0 Å². The highest BCUT2D eigenvalue weighted by atomic mass is 35.5. The first kappa shape index (κ1) is 19.8. The van der Waals surface area contributed by atoms with Crippen LogP contribution in [0.1, 0.15) is 5.56 Å². The molecule has 5 rings (SSSR count). The highest BCUT2D eigenvalue weighted by Crippen LogP contribution is 2.27. The Balaban J connectivity index is 1.33. The molecule has 2 aromatic carbocycles. The Hall–Kier alpha value is -3.16. The van der Waals surface area contributed by atoms with Gasteiger partial charge in [0.2, 0.25) is 0 Å². The van der Waals surface area contributed by atoms with Crippen molar-refractivity contribution in [2.45, 2.75) is 6.54 Å². The molecule has 0 bridgehead atoms. The normalized spacial score (nSPS) is 14.8. The summed E-state index contributed by atoms with van der Waals surface area (Å²) in [5.41, 5.74) is 2.92. The van der Waals surface area contributed by atoms with Gasteiger partial charge in [-0.2, -0.15) is 5.10 Å². The number of rotatable bonds is 5. The summed E-state index contributed by atoms with van der Waals surface area (Å²) < 4.78 is 7.36. The number of aromatic nitrogens is 4. The molecule has 2 aromatic heterocycles. The van der Waals surface area contributed by atoms with Gasteiger partial charge in [-0.15, -0.1) is 0 Å². The van der Waals surface area contributed by atoms with E-state index in [-0.39, 0.29) is 0 Å². The minimum atomic E-state index is 0.730. The molecule has 1 fully saturated rings. The molecule has 158 valence electrons. The SMILES string of the molecule is COc1ccc(Cl)cc1CN1CCN(c2ncnc3c2cnn3-c2ccccc2)CC1. The van der Waals surface area contributed by atoms with Gasteiger partial charge in [-0.1, -0.05) is 29.8 Å². The standard InChI is InChI=1S/C23H23ClN6O/c1-31-21-8-7-18(24)13-17(21)15-28-9-11-29(12-10-28)22-20-14-27-30(23(20)26-16-25-22)19-5-3-2-4-6-19/h2-8,13-14,16H,9-12,15H2,1H3. The summed E-state index contributed by atoms with van der Waals surface area (Å²) in [6, 6.07) is 15.8. The lowest BCUT2D eigenvalue weighted by Gasteiger charge is -2.35. The van der Waals surface area contributed by atoms with E-state index in [9.17, 15) is 0 Å². The fraction of sp³-hybridized carbons (Fsp3) is 0.261. The Morgan fingerprint density at radius 1 is 1.00 bits per heavy atom. The van der Waals surface area contributed by atoms with Crippen LogP contribution in [0.4, 0.5) is 5.82 Å². The summed E-state index contributed by atoms with van der Waals surface area (Å²) in [5.74, 6) is 1.81. The van der Waals surface area contributed by atoms with E-state index in [2.05, 4.69) is 24.9 Å². The maximum absolute atomic E-state index is 6.19. The number of ether oxygens (including phenoxy) is 1. The van der Waals surface area contributed by atoms with Gasteiger partial charge in [-0.05, 0) is 30.3 Å². The third-order valence-electron chi connectivity index (χ3n) is 5.65. The maximum atomic E-state index is 6.19. The van der Waals surface area contributed by atoms with Crippen molar-refractivity contribution >= 4 is 28.5 Å². The maximum Gasteiger partial charge on any atom is 0.168 e. The molecule has 0 atom stereocenters. The van der Waals surface area contributed by atoms with Gasteiger partial charge in [-0.3, -0.25) is 4.90 Å². The Morgan fingerprint density at radius 3 is 2.58 bits per heavy atom. The average Bonchev–Trinajstić information content (AvgIpc) is 3.25. The highest BCUT2D eigenvalue weighted by Gasteiger charge is 2.22. The molecule has 8 heteroatoms.